The summed E-state index contributed by atoms with van der Waals surface area (Å²) in [5.41, 5.74) is 1.25. The van der Waals surface area contributed by atoms with Gasteiger partial charge in [-0.25, -0.2) is 18.0 Å². The summed E-state index contributed by atoms with van der Waals surface area (Å²) in [5, 5.41) is 5.11. The van der Waals surface area contributed by atoms with Crippen LogP contribution in [0.4, 0.5) is 10.5 Å². The topological polar surface area (TPSA) is 140 Å². The van der Waals surface area contributed by atoms with E-state index in [1.165, 1.54) is 7.11 Å². The molecule has 0 radical (unpaired) electrons. The first kappa shape index (κ1) is 30.7. The second kappa shape index (κ2) is 13.4. The van der Waals surface area contributed by atoms with E-state index in [1.54, 1.807) is 76.2 Å². The van der Waals surface area contributed by atoms with Crippen LogP contribution < -0.4 is 15.4 Å². The maximum Gasteiger partial charge on any atom is 0.407 e. The number of carbonyl (C=O) groups is 3. The Kier molecular flexibility index (Phi) is 10.5. The van der Waals surface area contributed by atoms with Crippen molar-refractivity contribution in [3.05, 3.63) is 65.2 Å². The third-order valence-corrected chi connectivity index (χ3v) is 5.40. The van der Waals surface area contributed by atoms with E-state index in [1.807, 2.05) is 0 Å². The molecule has 2 aromatic rings. The van der Waals surface area contributed by atoms with Crippen LogP contribution in [0.1, 0.15) is 49.2 Å². The molecule has 0 heterocycles. The molecule has 2 aromatic carbocycles. The summed E-state index contributed by atoms with van der Waals surface area (Å²) in [6.07, 6.45) is 0.339. The Morgan fingerprint density at radius 1 is 0.872 bits per heavy atom. The van der Waals surface area contributed by atoms with Gasteiger partial charge in [-0.2, -0.15) is 0 Å². The zero-order valence-corrected chi connectivity index (χ0v) is 23.4. The third-order valence-electron chi connectivity index (χ3n) is 4.80. The van der Waals surface area contributed by atoms with Crippen molar-refractivity contribution in [2.24, 2.45) is 0 Å². The predicted octanol–water partition coefficient (Wildman–Crippen LogP) is 2.65. The van der Waals surface area contributed by atoms with Gasteiger partial charge >= 0.3 is 12.1 Å². The number of rotatable bonds is 7. The fraction of sp³-hybridized carbons (Fsp3) is 0.321. The molecule has 2 amide bonds. The average Bonchev–Trinajstić information content (AvgIpc) is 2.83. The standard InChI is InChI=1S/C28H31N3O7S/c1-19(29-27(34)38-28(2,3)4)24(26(33)37-5)30-25(32)22-15-11-20(12-16-22)9-7-8-10-21-13-17-23(18-14-21)31-39(6,35)36/h11-19,24,31H,1-6H3,(H,29,34)(H,30,32)/t19-,24+/m1/s1. The lowest BCUT2D eigenvalue weighted by Crippen LogP contribution is -2.55. The zero-order chi connectivity index (χ0) is 29.2. The molecule has 0 bridgehead atoms. The van der Waals surface area contributed by atoms with Gasteiger partial charge in [0, 0.05) is 22.4 Å². The Labute approximate surface area is 228 Å². The van der Waals surface area contributed by atoms with Crippen LogP contribution in [-0.4, -0.2) is 57.4 Å². The molecule has 0 spiro atoms. The Balaban J connectivity index is 2.03. The summed E-state index contributed by atoms with van der Waals surface area (Å²) >= 11 is 0. The molecule has 39 heavy (non-hydrogen) atoms. The second-order valence-corrected chi connectivity index (χ2v) is 11.2. The van der Waals surface area contributed by atoms with Crippen LogP contribution in [0.25, 0.3) is 0 Å². The van der Waals surface area contributed by atoms with E-state index >= 15 is 0 Å². The van der Waals surface area contributed by atoms with E-state index < -0.39 is 45.7 Å². The number of hydrogen-bond donors (Lipinski definition) is 3. The van der Waals surface area contributed by atoms with E-state index in [9.17, 15) is 22.8 Å². The first-order valence-corrected chi connectivity index (χ1v) is 13.6. The van der Waals surface area contributed by atoms with Crippen LogP contribution in [0.2, 0.25) is 0 Å². The molecular weight excluding hydrogens is 522 g/mol. The number of carbonyl (C=O) groups excluding carboxylic acids is 3. The fourth-order valence-corrected chi connectivity index (χ4v) is 3.63. The van der Waals surface area contributed by atoms with Gasteiger partial charge in [0.15, 0.2) is 0 Å². The highest BCUT2D eigenvalue weighted by molar-refractivity contribution is 7.92. The van der Waals surface area contributed by atoms with Crippen LogP contribution in [-0.2, 0) is 24.3 Å². The highest BCUT2D eigenvalue weighted by atomic mass is 32.2. The van der Waals surface area contributed by atoms with Gasteiger partial charge in [-0.15, -0.1) is 0 Å². The van der Waals surface area contributed by atoms with Crippen molar-refractivity contribution in [1.82, 2.24) is 10.6 Å². The lowest BCUT2D eigenvalue weighted by molar-refractivity contribution is -0.143. The first-order chi connectivity index (χ1) is 18.2. The first-order valence-electron chi connectivity index (χ1n) is 11.7. The van der Waals surface area contributed by atoms with E-state index in [0.717, 1.165) is 6.26 Å². The second-order valence-electron chi connectivity index (χ2n) is 9.44. The third kappa shape index (κ3) is 11.2. The minimum atomic E-state index is -3.35. The van der Waals surface area contributed by atoms with E-state index in [4.69, 9.17) is 9.47 Å². The number of benzene rings is 2. The predicted molar refractivity (Wildman–Crippen MR) is 147 cm³/mol. The van der Waals surface area contributed by atoms with Crippen LogP contribution in [0.3, 0.4) is 0 Å². The summed E-state index contributed by atoms with van der Waals surface area (Å²) in [6, 6.07) is 10.9. The highest BCUT2D eigenvalue weighted by Crippen LogP contribution is 2.11. The number of hydrogen-bond acceptors (Lipinski definition) is 7. The maximum atomic E-state index is 12.8. The molecular formula is C28H31N3O7S. The van der Waals surface area contributed by atoms with Crippen molar-refractivity contribution in [2.45, 2.75) is 45.4 Å². The molecule has 2 atom stereocenters. The quantitative estimate of drug-likeness (QED) is 0.354. The molecule has 0 saturated carbocycles. The van der Waals surface area contributed by atoms with Crippen molar-refractivity contribution >= 4 is 33.7 Å². The van der Waals surface area contributed by atoms with Crippen LogP contribution >= 0.6 is 0 Å². The molecule has 0 aliphatic rings. The highest BCUT2D eigenvalue weighted by Gasteiger charge is 2.30. The van der Waals surface area contributed by atoms with Gasteiger partial charge < -0.3 is 20.1 Å². The van der Waals surface area contributed by atoms with Crippen molar-refractivity contribution in [3.63, 3.8) is 0 Å². The van der Waals surface area contributed by atoms with Crippen molar-refractivity contribution in [3.8, 4) is 23.7 Å². The van der Waals surface area contributed by atoms with Crippen LogP contribution in [0.15, 0.2) is 48.5 Å². The van der Waals surface area contributed by atoms with Gasteiger partial charge in [0.2, 0.25) is 10.0 Å². The summed E-state index contributed by atoms with van der Waals surface area (Å²) < 4.78 is 34.9. The van der Waals surface area contributed by atoms with Crippen LogP contribution in [0.5, 0.6) is 0 Å². The summed E-state index contributed by atoms with van der Waals surface area (Å²) in [5.74, 6) is 9.89. The zero-order valence-electron chi connectivity index (χ0n) is 22.5. The van der Waals surface area contributed by atoms with Gasteiger partial charge in [-0.1, -0.05) is 11.8 Å². The molecule has 3 N–H and O–H groups in total. The Morgan fingerprint density at radius 2 is 1.38 bits per heavy atom. The monoisotopic (exact) mass is 553 g/mol. The number of ether oxygens (including phenoxy) is 2. The number of methoxy groups -OCH3 is 1. The lowest BCUT2D eigenvalue weighted by Gasteiger charge is -2.26. The van der Waals surface area contributed by atoms with Gasteiger partial charge in [0.05, 0.1) is 19.4 Å². The number of anilines is 1. The molecule has 0 aliphatic heterocycles. The summed E-state index contributed by atoms with van der Waals surface area (Å²) in [4.78, 5) is 37.1. The number of amides is 2. The Morgan fingerprint density at radius 3 is 1.85 bits per heavy atom. The minimum absolute atomic E-state index is 0.271. The minimum Gasteiger partial charge on any atom is -0.467 e. The SMILES string of the molecule is COC(=O)[C@@H](NC(=O)c1ccc(C#CC#Cc2ccc(NS(C)(=O)=O)cc2)cc1)[C@@H](C)NC(=O)OC(C)(C)C. The van der Waals surface area contributed by atoms with Crippen molar-refractivity contribution in [2.75, 3.05) is 18.1 Å². The van der Waals surface area contributed by atoms with Gasteiger partial charge in [-0.3, -0.25) is 9.52 Å². The number of sulfonamides is 1. The Hall–Kier alpha value is -4.48. The number of alkyl carbamates (subject to hydrolysis) is 1. The average molecular weight is 554 g/mol. The van der Waals surface area contributed by atoms with E-state index in [2.05, 4.69) is 39.0 Å². The van der Waals surface area contributed by atoms with Gasteiger partial charge in [0.1, 0.15) is 11.6 Å². The van der Waals surface area contributed by atoms with Gasteiger partial charge in [-0.05, 0) is 88.1 Å². The maximum absolute atomic E-state index is 12.8. The summed E-state index contributed by atoms with van der Waals surface area (Å²) in [7, 11) is -2.17. The molecule has 0 saturated heterocycles. The molecule has 11 heteroatoms. The van der Waals surface area contributed by atoms with E-state index in [0.29, 0.717) is 16.8 Å². The molecule has 0 unspecified atom stereocenters. The van der Waals surface area contributed by atoms with Crippen molar-refractivity contribution < 1.29 is 32.3 Å². The molecule has 0 fully saturated rings. The molecule has 2 rings (SSSR count). The Bertz CT molecular complexity index is 1420. The van der Waals surface area contributed by atoms with Gasteiger partial charge in [0.25, 0.3) is 5.91 Å². The molecule has 0 aromatic heterocycles. The molecule has 206 valence electrons. The largest absolute Gasteiger partial charge is 0.467 e. The van der Waals surface area contributed by atoms with Crippen molar-refractivity contribution in [1.29, 1.82) is 0 Å². The smallest absolute Gasteiger partial charge is 0.407 e. The van der Waals surface area contributed by atoms with Crippen LogP contribution in [0, 0.1) is 23.7 Å². The molecule has 10 nitrogen and oxygen atoms in total. The number of esters is 1. The number of nitrogens with one attached hydrogen (secondary N) is 3. The molecule has 0 aliphatic carbocycles. The summed E-state index contributed by atoms with van der Waals surface area (Å²) in [6.45, 7) is 6.67. The lowest BCUT2D eigenvalue weighted by atomic mass is 10.1. The normalized spacial score (nSPS) is 12.3. The fourth-order valence-electron chi connectivity index (χ4n) is 3.06. The van der Waals surface area contributed by atoms with E-state index in [-0.39, 0.29) is 5.56 Å².